The first-order valence-corrected chi connectivity index (χ1v) is 8.36. The zero-order valence-electron chi connectivity index (χ0n) is 12.7. The molecule has 5 nitrogen and oxygen atoms in total. The summed E-state index contributed by atoms with van der Waals surface area (Å²) >= 11 is 1.56. The Hall–Kier alpha value is -2.86. The zero-order chi connectivity index (χ0) is 16.4. The molecule has 1 amide bonds. The summed E-state index contributed by atoms with van der Waals surface area (Å²) in [6.45, 7) is 0.578. The standard InChI is InChI=1S/C18H14N2O3S/c21-17(13-8-12-4-1-2-5-15(12)22-10-13)19-9-14-11-23-18(20-14)16-6-3-7-24-16/h1-8,11H,9-10H2,(H,19,21). The Morgan fingerprint density at radius 1 is 1.25 bits per heavy atom. The van der Waals surface area contributed by atoms with E-state index in [9.17, 15) is 4.79 Å². The molecule has 1 N–H and O–H groups in total. The van der Waals surface area contributed by atoms with Gasteiger partial charge < -0.3 is 14.5 Å². The lowest BCUT2D eigenvalue weighted by atomic mass is 10.1. The largest absolute Gasteiger partial charge is 0.488 e. The molecule has 4 rings (SSSR count). The third-order valence-electron chi connectivity index (χ3n) is 3.64. The summed E-state index contributed by atoms with van der Waals surface area (Å²) in [5.41, 5.74) is 2.19. The first kappa shape index (κ1) is 14.7. The molecule has 3 heterocycles. The van der Waals surface area contributed by atoms with Crippen LogP contribution in [0.15, 0.2) is 58.0 Å². The Kier molecular flexibility index (Phi) is 3.88. The highest BCUT2D eigenvalue weighted by Gasteiger charge is 2.17. The fourth-order valence-corrected chi connectivity index (χ4v) is 3.09. The second-order valence-corrected chi connectivity index (χ2v) is 6.25. The van der Waals surface area contributed by atoms with E-state index >= 15 is 0 Å². The van der Waals surface area contributed by atoms with Gasteiger partial charge in [0, 0.05) is 5.56 Å². The van der Waals surface area contributed by atoms with Gasteiger partial charge in [-0.15, -0.1) is 11.3 Å². The molecule has 0 aliphatic carbocycles. The topological polar surface area (TPSA) is 64.4 Å². The second-order valence-electron chi connectivity index (χ2n) is 5.30. The maximum Gasteiger partial charge on any atom is 0.251 e. The highest BCUT2D eigenvalue weighted by atomic mass is 32.1. The molecule has 0 unspecified atom stereocenters. The van der Waals surface area contributed by atoms with Gasteiger partial charge in [-0.3, -0.25) is 4.79 Å². The van der Waals surface area contributed by atoms with Crippen molar-refractivity contribution in [2.45, 2.75) is 6.54 Å². The van der Waals surface area contributed by atoms with Crippen LogP contribution in [0, 0.1) is 0 Å². The molecule has 0 spiro atoms. The van der Waals surface area contributed by atoms with Crippen molar-refractivity contribution in [3.05, 3.63) is 64.9 Å². The lowest BCUT2D eigenvalue weighted by Gasteiger charge is -2.17. The van der Waals surface area contributed by atoms with Crippen molar-refractivity contribution in [3.8, 4) is 16.5 Å². The maximum absolute atomic E-state index is 12.3. The van der Waals surface area contributed by atoms with E-state index in [1.165, 1.54) is 0 Å². The monoisotopic (exact) mass is 338 g/mol. The number of carbonyl (C=O) groups excluding carboxylic acids is 1. The smallest absolute Gasteiger partial charge is 0.251 e. The molecule has 0 saturated heterocycles. The minimum atomic E-state index is -0.162. The zero-order valence-corrected chi connectivity index (χ0v) is 13.5. The van der Waals surface area contributed by atoms with Crippen LogP contribution in [0.1, 0.15) is 11.3 Å². The van der Waals surface area contributed by atoms with Gasteiger partial charge in [-0.25, -0.2) is 4.98 Å². The van der Waals surface area contributed by atoms with Crippen molar-refractivity contribution in [1.82, 2.24) is 10.3 Å². The summed E-state index contributed by atoms with van der Waals surface area (Å²) in [5, 5.41) is 4.82. The van der Waals surface area contributed by atoms with Crippen LogP contribution in [0.3, 0.4) is 0 Å². The number of ether oxygens (including phenoxy) is 1. The number of hydrogen-bond acceptors (Lipinski definition) is 5. The number of benzene rings is 1. The summed E-state index contributed by atoms with van der Waals surface area (Å²) in [6.07, 6.45) is 3.42. The highest BCUT2D eigenvalue weighted by Crippen LogP contribution is 2.26. The number of hydrogen-bond donors (Lipinski definition) is 1. The molecule has 1 aliphatic rings. The summed E-state index contributed by atoms with van der Waals surface area (Å²) in [6, 6.07) is 11.5. The number of para-hydroxylation sites is 1. The van der Waals surface area contributed by atoms with Crippen LogP contribution < -0.4 is 10.1 Å². The van der Waals surface area contributed by atoms with E-state index in [1.54, 1.807) is 17.6 Å². The number of nitrogens with zero attached hydrogens (tertiary/aromatic N) is 1. The molecule has 6 heteroatoms. The molecule has 0 bridgehead atoms. The summed E-state index contributed by atoms with van der Waals surface area (Å²) in [5.74, 6) is 1.21. The molecule has 1 aromatic carbocycles. The Labute approximate surface area is 142 Å². The summed E-state index contributed by atoms with van der Waals surface area (Å²) < 4.78 is 11.0. The number of rotatable bonds is 4. The van der Waals surface area contributed by atoms with Gasteiger partial charge in [0.05, 0.1) is 22.7 Å². The maximum atomic E-state index is 12.3. The van der Waals surface area contributed by atoms with E-state index in [0.29, 0.717) is 23.7 Å². The molecule has 0 fully saturated rings. The summed E-state index contributed by atoms with van der Waals surface area (Å²) in [7, 11) is 0. The van der Waals surface area contributed by atoms with Gasteiger partial charge in [-0.1, -0.05) is 24.3 Å². The van der Waals surface area contributed by atoms with Crippen molar-refractivity contribution < 1.29 is 13.9 Å². The van der Waals surface area contributed by atoms with Gasteiger partial charge in [0.2, 0.25) is 5.89 Å². The quantitative estimate of drug-likeness (QED) is 0.791. The highest BCUT2D eigenvalue weighted by molar-refractivity contribution is 7.13. The Bertz CT molecular complexity index is 897. The molecule has 0 saturated carbocycles. The molecule has 0 atom stereocenters. The number of aromatic nitrogens is 1. The van der Waals surface area contributed by atoms with E-state index in [-0.39, 0.29) is 12.5 Å². The van der Waals surface area contributed by atoms with Gasteiger partial charge in [0.15, 0.2) is 0 Å². The number of fused-ring (bicyclic) bond motifs is 1. The fraction of sp³-hybridized carbons (Fsp3) is 0.111. The van der Waals surface area contributed by atoms with Gasteiger partial charge >= 0.3 is 0 Å². The van der Waals surface area contributed by atoms with Gasteiger partial charge in [-0.2, -0.15) is 0 Å². The van der Waals surface area contributed by atoms with Crippen LogP contribution in [0.5, 0.6) is 5.75 Å². The van der Waals surface area contributed by atoms with Crippen LogP contribution in [0.4, 0.5) is 0 Å². The Morgan fingerprint density at radius 3 is 3.04 bits per heavy atom. The van der Waals surface area contributed by atoms with Gasteiger partial charge in [0.25, 0.3) is 5.91 Å². The van der Waals surface area contributed by atoms with Crippen molar-refractivity contribution in [3.63, 3.8) is 0 Å². The van der Waals surface area contributed by atoms with Crippen LogP contribution in [0.2, 0.25) is 0 Å². The van der Waals surface area contributed by atoms with Crippen LogP contribution in [-0.4, -0.2) is 17.5 Å². The number of carbonyl (C=O) groups is 1. The third kappa shape index (κ3) is 2.96. The Balaban J connectivity index is 1.42. The van der Waals surface area contributed by atoms with Crippen LogP contribution in [-0.2, 0) is 11.3 Å². The predicted molar refractivity (Wildman–Crippen MR) is 91.6 cm³/mol. The van der Waals surface area contributed by atoms with Crippen molar-refractivity contribution in [2.24, 2.45) is 0 Å². The molecule has 0 radical (unpaired) electrons. The predicted octanol–water partition coefficient (Wildman–Crippen LogP) is 3.50. The minimum Gasteiger partial charge on any atom is -0.488 e. The lowest BCUT2D eigenvalue weighted by molar-refractivity contribution is -0.117. The normalized spacial score (nSPS) is 12.9. The van der Waals surface area contributed by atoms with Gasteiger partial charge in [0.1, 0.15) is 18.6 Å². The molecule has 120 valence electrons. The van der Waals surface area contributed by atoms with Crippen molar-refractivity contribution in [2.75, 3.05) is 6.61 Å². The number of amides is 1. The third-order valence-corrected chi connectivity index (χ3v) is 4.50. The van der Waals surface area contributed by atoms with E-state index in [1.807, 2.05) is 47.9 Å². The summed E-state index contributed by atoms with van der Waals surface area (Å²) in [4.78, 5) is 17.7. The van der Waals surface area contributed by atoms with Crippen molar-refractivity contribution >= 4 is 23.3 Å². The average molecular weight is 338 g/mol. The van der Waals surface area contributed by atoms with Crippen LogP contribution >= 0.6 is 11.3 Å². The fourth-order valence-electron chi connectivity index (χ4n) is 2.43. The SMILES string of the molecule is O=C(NCc1coc(-c2cccs2)n1)C1=Cc2ccccc2OC1. The molecule has 24 heavy (non-hydrogen) atoms. The molecule has 2 aromatic heterocycles. The van der Waals surface area contributed by atoms with E-state index in [4.69, 9.17) is 9.15 Å². The Morgan fingerprint density at radius 2 is 2.17 bits per heavy atom. The lowest BCUT2D eigenvalue weighted by Crippen LogP contribution is -2.28. The molecule has 3 aromatic rings. The second kappa shape index (κ2) is 6.33. The molecular formula is C18H14N2O3S. The van der Waals surface area contributed by atoms with E-state index in [2.05, 4.69) is 10.3 Å². The van der Waals surface area contributed by atoms with E-state index in [0.717, 1.165) is 16.2 Å². The van der Waals surface area contributed by atoms with Gasteiger partial charge in [-0.05, 0) is 23.6 Å². The van der Waals surface area contributed by atoms with E-state index < -0.39 is 0 Å². The van der Waals surface area contributed by atoms with Crippen molar-refractivity contribution in [1.29, 1.82) is 0 Å². The minimum absolute atomic E-state index is 0.162. The first-order valence-electron chi connectivity index (χ1n) is 7.48. The molecule has 1 aliphatic heterocycles. The molecular weight excluding hydrogens is 324 g/mol. The number of oxazole rings is 1. The average Bonchev–Trinajstić information content (AvgIpc) is 3.30. The number of thiophene rings is 1. The van der Waals surface area contributed by atoms with Crippen LogP contribution in [0.25, 0.3) is 16.8 Å². The number of nitrogens with one attached hydrogen (secondary N) is 1. The first-order chi connectivity index (χ1) is 11.8.